The molecule has 0 saturated carbocycles. The van der Waals surface area contributed by atoms with Crippen molar-refractivity contribution in [3.8, 4) is 5.75 Å². The summed E-state index contributed by atoms with van der Waals surface area (Å²) in [5.41, 5.74) is 1.43. The van der Waals surface area contributed by atoms with E-state index in [4.69, 9.17) is 21.1 Å². The number of hydrogen-bond acceptors (Lipinski definition) is 6. The Morgan fingerprint density at radius 2 is 2.03 bits per heavy atom. The average Bonchev–Trinajstić information content (AvgIpc) is 2.68. The third kappa shape index (κ3) is 5.98. The molecule has 0 spiro atoms. The molecule has 2 atom stereocenters. The molecular formula is C21H27ClN4O3. The lowest BCUT2D eigenvalue weighted by Crippen LogP contribution is -2.45. The van der Waals surface area contributed by atoms with Crippen LogP contribution in [-0.4, -0.2) is 49.8 Å². The molecule has 8 heteroatoms. The molecule has 0 bridgehead atoms. The van der Waals surface area contributed by atoms with Gasteiger partial charge in [-0.3, -0.25) is 4.79 Å². The van der Waals surface area contributed by atoms with Gasteiger partial charge in [-0.1, -0.05) is 11.6 Å². The summed E-state index contributed by atoms with van der Waals surface area (Å²) in [6.07, 6.45) is 2.33. The number of rotatable bonds is 7. The highest BCUT2D eigenvalue weighted by atomic mass is 35.5. The molecule has 2 heterocycles. The van der Waals surface area contributed by atoms with E-state index in [0.29, 0.717) is 29.4 Å². The number of carbonyl (C=O) groups excluding carboxylic acids is 1. The van der Waals surface area contributed by atoms with Crippen LogP contribution >= 0.6 is 11.6 Å². The van der Waals surface area contributed by atoms with E-state index in [-0.39, 0.29) is 18.1 Å². The first-order valence-electron chi connectivity index (χ1n) is 9.68. The minimum Gasteiger partial charge on any atom is -0.495 e. The van der Waals surface area contributed by atoms with Crippen molar-refractivity contribution in [3.63, 3.8) is 0 Å². The van der Waals surface area contributed by atoms with Gasteiger partial charge in [-0.25, -0.2) is 4.98 Å². The van der Waals surface area contributed by atoms with E-state index in [9.17, 15) is 4.79 Å². The van der Waals surface area contributed by atoms with Gasteiger partial charge in [0, 0.05) is 31.1 Å². The molecule has 2 aromatic rings. The van der Waals surface area contributed by atoms with Crippen LogP contribution in [0.15, 0.2) is 36.5 Å². The summed E-state index contributed by atoms with van der Waals surface area (Å²) < 4.78 is 11.0. The van der Waals surface area contributed by atoms with Crippen molar-refractivity contribution in [1.82, 2.24) is 4.98 Å². The first kappa shape index (κ1) is 21.2. The molecule has 2 N–H and O–H groups in total. The molecule has 29 heavy (non-hydrogen) atoms. The fraction of sp³-hybridized carbons (Fsp3) is 0.429. The normalized spacial score (nSPS) is 19.0. The van der Waals surface area contributed by atoms with Crippen LogP contribution in [0.3, 0.4) is 0 Å². The number of morpholine rings is 1. The summed E-state index contributed by atoms with van der Waals surface area (Å²) in [5.74, 6) is 1.47. The van der Waals surface area contributed by atoms with Gasteiger partial charge in [0.05, 0.1) is 36.9 Å². The van der Waals surface area contributed by atoms with Crippen LogP contribution in [0.4, 0.5) is 17.2 Å². The fourth-order valence-electron chi connectivity index (χ4n) is 3.36. The summed E-state index contributed by atoms with van der Waals surface area (Å²) in [6, 6.07) is 9.11. The minimum atomic E-state index is -0.0957. The lowest BCUT2D eigenvalue weighted by atomic mass is 10.2. The van der Waals surface area contributed by atoms with E-state index in [1.165, 1.54) is 0 Å². The number of pyridine rings is 1. The topological polar surface area (TPSA) is 75.7 Å². The lowest BCUT2D eigenvalue weighted by Gasteiger charge is -2.36. The number of aromatic nitrogens is 1. The highest BCUT2D eigenvalue weighted by Crippen LogP contribution is 2.27. The molecule has 1 amide bonds. The molecule has 0 radical (unpaired) electrons. The van der Waals surface area contributed by atoms with Crippen LogP contribution in [-0.2, 0) is 9.53 Å². The highest BCUT2D eigenvalue weighted by Gasteiger charge is 2.23. The van der Waals surface area contributed by atoms with E-state index in [1.807, 2.05) is 12.1 Å². The molecule has 2 unspecified atom stereocenters. The zero-order chi connectivity index (χ0) is 20.8. The van der Waals surface area contributed by atoms with Crippen LogP contribution in [0.25, 0.3) is 0 Å². The van der Waals surface area contributed by atoms with Gasteiger partial charge >= 0.3 is 0 Å². The van der Waals surface area contributed by atoms with Crippen molar-refractivity contribution < 1.29 is 14.3 Å². The first-order valence-corrected chi connectivity index (χ1v) is 10.1. The Morgan fingerprint density at radius 3 is 2.69 bits per heavy atom. The van der Waals surface area contributed by atoms with E-state index in [1.54, 1.807) is 31.5 Å². The number of benzene rings is 1. The van der Waals surface area contributed by atoms with E-state index < -0.39 is 0 Å². The quantitative estimate of drug-likeness (QED) is 0.712. The second-order valence-electron chi connectivity index (χ2n) is 7.14. The van der Waals surface area contributed by atoms with Gasteiger partial charge in [0.25, 0.3) is 0 Å². The number of methoxy groups -OCH3 is 1. The van der Waals surface area contributed by atoms with Crippen molar-refractivity contribution in [2.45, 2.75) is 32.5 Å². The number of nitrogens with one attached hydrogen (secondary N) is 2. The van der Waals surface area contributed by atoms with Crippen LogP contribution < -0.4 is 20.3 Å². The maximum Gasteiger partial charge on any atom is 0.226 e. The number of nitrogens with zero attached hydrogens (tertiary/aromatic N) is 2. The summed E-state index contributed by atoms with van der Waals surface area (Å²) >= 11 is 6.02. The predicted octanol–water partition coefficient (Wildman–Crippen LogP) is 3.80. The van der Waals surface area contributed by atoms with Crippen molar-refractivity contribution in [2.75, 3.05) is 42.3 Å². The minimum absolute atomic E-state index is 0.0957. The van der Waals surface area contributed by atoms with Gasteiger partial charge in [0.2, 0.25) is 5.91 Å². The monoisotopic (exact) mass is 418 g/mol. The Hall–Kier alpha value is -2.51. The van der Waals surface area contributed by atoms with Gasteiger partial charge in [-0.05, 0) is 44.2 Å². The number of halogens is 1. The number of anilines is 3. The zero-order valence-corrected chi connectivity index (χ0v) is 17.7. The number of carbonyl (C=O) groups is 1. The third-order valence-electron chi connectivity index (χ3n) is 4.60. The average molecular weight is 419 g/mol. The first-order chi connectivity index (χ1) is 13.9. The molecule has 7 nitrogen and oxygen atoms in total. The van der Waals surface area contributed by atoms with Gasteiger partial charge in [-0.2, -0.15) is 0 Å². The third-order valence-corrected chi connectivity index (χ3v) is 4.84. The van der Waals surface area contributed by atoms with Crippen molar-refractivity contribution >= 4 is 34.7 Å². The van der Waals surface area contributed by atoms with Gasteiger partial charge in [0.1, 0.15) is 11.6 Å². The predicted molar refractivity (Wildman–Crippen MR) is 116 cm³/mol. The summed E-state index contributed by atoms with van der Waals surface area (Å²) in [7, 11) is 1.59. The molecule has 1 fully saturated rings. The number of hydrogen-bond donors (Lipinski definition) is 2. The summed E-state index contributed by atoms with van der Waals surface area (Å²) in [6.45, 7) is 6.19. The molecule has 1 aromatic carbocycles. The molecule has 1 saturated heterocycles. The Kier molecular flexibility index (Phi) is 7.17. The van der Waals surface area contributed by atoms with E-state index >= 15 is 0 Å². The SMILES string of the molecule is COc1ccc(Cl)cc1NCCC(=O)Nc1ccc(N2CC(C)OC(C)C2)nc1. The Morgan fingerprint density at radius 1 is 1.28 bits per heavy atom. The van der Waals surface area contributed by atoms with E-state index in [2.05, 4.69) is 34.4 Å². The maximum atomic E-state index is 12.2. The maximum absolute atomic E-state index is 12.2. The lowest BCUT2D eigenvalue weighted by molar-refractivity contribution is -0.115. The molecule has 1 aromatic heterocycles. The number of amides is 1. The van der Waals surface area contributed by atoms with E-state index in [0.717, 1.165) is 24.6 Å². The van der Waals surface area contributed by atoms with Crippen LogP contribution in [0, 0.1) is 0 Å². The molecule has 1 aliphatic rings. The van der Waals surface area contributed by atoms with Gasteiger partial charge < -0.3 is 25.0 Å². The van der Waals surface area contributed by atoms with Gasteiger partial charge in [-0.15, -0.1) is 0 Å². The Labute approximate surface area is 176 Å². The van der Waals surface area contributed by atoms with Crippen molar-refractivity contribution in [1.29, 1.82) is 0 Å². The smallest absolute Gasteiger partial charge is 0.226 e. The second kappa shape index (κ2) is 9.80. The molecule has 1 aliphatic heterocycles. The van der Waals surface area contributed by atoms with Gasteiger partial charge in [0.15, 0.2) is 0 Å². The molecule has 0 aliphatic carbocycles. The van der Waals surface area contributed by atoms with Crippen LogP contribution in [0.2, 0.25) is 5.02 Å². The Bertz CT molecular complexity index is 821. The second-order valence-corrected chi connectivity index (χ2v) is 7.57. The Balaban J connectivity index is 1.49. The molecule has 156 valence electrons. The zero-order valence-electron chi connectivity index (χ0n) is 16.9. The standard InChI is InChI=1S/C21H27ClN4O3/c1-14-12-26(13-15(2)29-14)20-7-5-17(11-24-20)25-21(27)8-9-23-18-10-16(22)4-6-19(18)28-3/h4-7,10-11,14-15,23H,8-9,12-13H2,1-3H3,(H,25,27). The van der Waals surface area contributed by atoms with Crippen LogP contribution in [0.5, 0.6) is 5.75 Å². The van der Waals surface area contributed by atoms with Crippen LogP contribution in [0.1, 0.15) is 20.3 Å². The summed E-state index contributed by atoms with van der Waals surface area (Å²) in [5, 5.41) is 6.66. The van der Waals surface area contributed by atoms with Crippen molar-refractivity contribution in [2.24, 2.45) is 0 Å². The van der Waals surface area contributed by atoms with Crippen molar-refractivity contribution in [3.05, 3.63) is 41.6 Å². The largest absolute Gasteiger partial charge is 0.495 e. The number of ether oxygens (including phenoxy) is 2. The highest BCUT2D eigenvalue weighted by molar-refractivity contribution is 6.30. The molecular weight excluding hydrogens is 392 g/mol. The summed E-state index contributed by atoms with van der Waals surface area (Å²) in [4.78, 5) is 18.9. The molecule has 3 rings (SSSR count). The fourth-order valence-corrected chi connectivity index (χ4v) is 3.54.